The number of fused-ring (bicyclic) bond motifs is 3. The second-order valence-corrected chi connectivity index (χ2v) is 7.60. The molecular weight excluding hydrogens is 300 g/mol. The Hall–Kier alpha value is -1.78. The highest BCUT2D eigenvalue weighted by Crippen LogP contribution is 2.58. The molecule has 0 amide bonds. The molecule has 1 aromatic heterocycles. The SMILES string of the molecule is COc1cccc2c3c4n(c12)C=C[C@]12CCO[C@H]1CCN(CC3)[C@H]42. The Kier molecular flexibility index (Phi) is 2.50. The third-order valence-electron chi connectivity index (χ3n) is 6.80. The molecule has 0 N–H and O–H groups in total. The van der Waals surface area contributed by atoms with Crippen LogP contribution >= 0.6 is 0 Å². The van der Waals surface area contributed by atoms with E-state index in [2.05, 4.69) is 39.9 Å². The Bertz CT molecular complexity index is 883. The van der Waals surface area contributed by atoms with E-state index in [9.17, 15) is 0 Å². The summed E-state index contributed by atoms with van der Waals surface area (Å²) in [5, 5.41) is 1.37. The van der Waals surface area contributed by atoms with Gasteiger partial charge in [0.2, 0.25) is 0 Å². The minimum Gasteiger partial charge on any atom is -0.495 e. The maximum absolute atomic E-state index is 6.15. The van der Waals surface area contributed by atoms with Crippen molar-refractivity contribution in [2.75, 3.05) is 26.8 Å². The van der Waals surface area contributed by atoms with Gasteiger partial charge >= 0.3 is 0 Å². The number of aromatic nitrogens is 1. The quantitative estimate of drug-likeness (QED) is 0.806. The van der Waals surface area contributed by atoms with Gasteiger partial charge in [0, 0.05) is 42.4 Å². The highest BCUT2D eigenvalue weighted by Gasteiger charge is 2.57. The molecule has 0 aliphatic carbocycles. The highest BCUT2D eigenvalue weighted by molar-refractivity contribution is 5.93. The van der Waals surface area contributed by atoms with Crippen LogP contribution in [0, 0.1) is 5.41 Å². The van der Waals surface area contributed by atoms with E-state index in [1.54, 1.807) is 7.11 Å². The van der Waals surface area contributed by atoms with Crippen molar-refractivity contribution in [3.63, 3.8) is 0 Å². The zero-order valence-electron chi connectivity index (χ0n) is 14.0. The van der Waals surface area contributed by atoms with Crippen LogP contribution in [0.25, 0.3) is 17.1 Å². The van der Waals surface area contributed by atoms with Crippen LogP contribution in [0.2, 0.25) is 0 Å². The molecule has 24 heavy (non-hydrogen) atoms. The van der Waals surface area contributed by atoms with E-state index in [-0.39, 0.29) is 5.41 Å². The summed E-state index contributed by atoms with van der Waals surface area (Å²) in [7, 11) is 1.77. The maximum atomic E-state index is 6.15. The summed E-state index contributed by atoms with van der Waals surface area (Å²) in [6, 6.07) is 6.93. The molecule has 0 radical (unpaired) electrons. The first-order chi connectivity index (χ1) is 11.8. The van der Waals surface area contributed by atoms with Gasteiger partial charge in [0.15, 0.2) is 0 Å². The standard InChI is InChI=1S/C20H22N2O2/c1-23-15-4-2-3-13-14-5-9-21-10-6-16-20(8-12-24-16)7-11-22(17(13)15)18(14)19(20)21/h2-4,7,11,16,19H,5-6,8-10,12H2,1H3/t16-,19+,20-/m0/s1. The predicted octanol–water partition coefficient (Wildman–Crippen LogP) is 3.21. The first-order valence-electron chi connectivity index (χ1n) is 9.08. The Morgan fingerprint density at radius 2 is 2.25 bits per heavy atom. The molecule has 5 heterocycles. The van der Waals surface area contributed by atoms with Gasteiger partial charge < -0.3 is 14.0 Å². The average molecular weight is 322 g/mol. The van der Waals surface area contributed by atoms with E-state index in [1.165, 1.54) is 28.6 Å². The van der Waals surface area contributed by atoms with Gasteiger partial charge in [-0.15, -0.1) is 0 Å². The summed E-state index contributed by atoms with van der Waals surface area (Å²) in [6.45, 7) is 3.22. The lowest BCUT2D eigenvalue weighted by Crippen LogP contribution is -2.54. The summed E-state index contributed by atoms with van der Waals surface area (Å²) in [4.78, 5) is 2.71. The molecule has 6 rings (SSSR count). The maximum Gasteiger partial charge on any atom is 0.143 e. The van der Waals surface area contributed by atoms with Gasteiger partial charge in [0.1, 0.15) is 5.75 Å². The minimum atomic E-state index is 0.172. The van der Waals surface area contributed by atoms with Crippen molar-refractivity contribution in [3.8, 4) is 5.75 Å². The first-order valence-corrected chi connectivity index (χ1v) is 9.08. The van der Waals surface area contributed by atoms with Crippen LogP contribution in [-0.2, 0) is 11.2 Å². The van der Waals surface area contributed by atoms with E-state index >= 15 is 0 Å². The van der Waals surface area contributed by atoms with Crippen molar-refractivity contribution in [3.05, 3.63) is 35.5 Å². The zero-order valence-corrected chi connectivity index (χ0v) is 14.0. The van der Waals surface area contributed by atoms with Gasteiger partial charge in [-0.3, -0.25) is 4.90 Å². The number of rotatable bonds is 1. The third kappa shape index (κ3) is 1.39. The fraction of sp³-hybridized carbons (Fsp3) is 0.500. The third-order valence-corrected chi connectivity index (χ3v) is 6.80. The Morgan fingerprint density at radius 1 is 1.29 bits per heavy atom. The Morgan fingerprint density at radius 3 is 3.17 bits per heavy atom. The molecule has 4 aliphatic rings. The fourth-order valence-electron chi connectivity index (χ4n) is 5.83. The lowest BCUT2D eigenvalue weighted by Gasteiger charge is -2.53. The second kappa shape index (κ2) is 4.44. The van der Waals surface area contributed by atoms with E-state index in [0.717, 1.165) is 38.3 Å². The monoisotopic (exact) mass is 322 g/mol. The topological polar surface area (TPSA) is 26.6 Å². The Labute approximate surface area is 141 Å². The highest BCUT2D eigenvalue weighted by atomic mass is 16.5. The second-order valence-electron chi connectivity index (χ2n) is 7.60. The largest absolute Gasteiger partial charge is 0.495 e. The number of hydrogen-bond acceptors (Lipinski definition) is 3. The summed E-state index contributed by atoms with van der Waals surface area (Å²) < 4.78 is 14.3. The van der Waals surface area contributed by atoms with Crippen LogP contribution in [-0.4, -0.2) is 42.4 Å². The lowest BCUT2D eigenvalue weighted by molar-refractivity contribution is -0.0440. The molecular formula is C20H22N2O2. The smallest absolute Gasteiger partial charge is 0.143 e. The molecule has 4 nitrogen and oxygen atoms in total. The molecule has 124 valence electrons. The summed E-state index contributed by atoms with van der Waals surface area (Å²) in [5.74, 6) is 0.976. The van der Waals surface area contributed by atoms with Crippen LogP contribution in [0.5, 0.6) is 5.75 Å². The molecule has 3 atom stereocenters. The van der Waals surface area contributed by atoms with Crippen LogP contribution in [0.15, 0.2) is 24.3 Å². The number of methoxy groups -OCH3 is 1. The van der Waals surface area contributed by atoms with Crippen molar-refractivity contribution in [1.29, 1.82) is 0 Å². The van der Waals surface area contributed by atoms with Crippen molar-refractivity contribution in [1.82, 2.24) is 9.47 Å². The normalized spacial score (nSPS) is 33.5. The van der Waals surface area contributed by atoms with Crippen LogP contribution in [0.3, 0.4) is 0 Å². The van der Waals surface area contributed by atoms with Gasteiger partial charge in [0.05, 0.1) is 24.8 Å². The molecule has 0 bridgehead atoms. The molecule has 2 aromatic rings. The van der Waals surface area contributed by atoms with Crippen molar-refractivity contribution in [2.24, 2.45) is 5.41 Å². The van der Waals surface area contributed by atoms with Gasteiger partial charge in [0.25, 0.3) is 0 Å². The molecule has 2 saturated heterocycles. The minimum absolute atomic E-state index is 0.172. The molecule has 4 aliphatic heterocycles. The summed E-state index contributed by atoms with van der Waals surface area (Å²) >= 11 is 0. The van der Waals surface area contributed by atoms with Crippen molar-refractivity contribution < 1.29 is 9.47 Å². The predicted molar refractivity (Wildman–Crippen MR) is 93.2 cm³/mol. The van der Waals surface area contributed by atoms with Gasteiger partial charge in [-0.25, -0.2) is 0 Å². The van der Waals surface area contributed by atoms with Crippen molar-refractivity contribution >= 4 is 17.1 Å². The molecule has 4 heteroatoms. The van der Waals surface area contributed by atoms with Crippen LogP contribution in [0.4, 0.5) is 0 Å². The molecule has 0 saturated carbocycles. The Balaban J connectivity index is 1.70. The van der Waals surface area contributed by atoms with Gasteiger partial charge in [-0.05, 0) is 30.9 Å². The number of para-hydroxylation sites is 1. The summed E-state index contributed by atoms with van der Waals surface area (Å²) in [6.07, 6.45) is 8.59. The average Bonchev–Trinajstić information content (AvgIpc) is 3.19. The molecule has 0 unspecified atom stereocenters. The van der Waals surface area contributed by atoms with E-state index in [0.29, 0.717) is 12.1 Å². The number of nitrogens with zero attached hydrogens (tertiary/aromatic N) is 2. The van der Waals surface area contributed by atoms with E-state index < -0.39 is 0 Å². The van der Waals surface area contributed by atoms with Crippen LogP contribution < -0.4 is 4.74 Å². The lowest BCUT2D eigenvalue weighted by atomic mass is 9.66. The number of ether oxygens (including phenoxy) is 2. The number of piperidine rings is 1. The fourth-order valence-corrected chi connectivity index (χ4v) is 5.83. The van der Waals surface area contributed by atoms with Gasteiger partial charge in [-0.1, -0.05) is 18.2 Å². The zero-order chi connectivity index (χ0) is 15.9. The van der Waals surface area contributed by atoms with Crippen LogP contribution in [0.1, 0.15) is 30.1 Å². The van der Waals surface area contributed by atoms with E-state index in [4.69, 9.17) is 9.47 Å². The first kappa shape index (κ1) is 13.5. The molecule has 2 fully saturated rings. The molecule has 1 aromatic carbocycles. The summed E-state index contributed by atoms with van der Waals surface area (Å²) in [5.41, 5.74) is 4.43. The molecule has 1 spiro atoms. The number of benzene rings is 1. The van der Waals surface area contributed by atoms with Gasteiger partial charge in [-0.2, -0.15) is 0 Å². The number of hydrogen-bond donors (Lipinski definition) is 0. The van der Waals surface area contributed by atoms with E-state index in [1.807, 2.05) is 0 Å². The van der Waals surface area contributed by atoms with Crippen molar-refractivity contribution in [2.45, 2.75) is 31.4 Å².